The van der Waals surface area contributed by atoms with Crippen LogP contribution in [0.25, 0.3) is 5.65 Å². The highest BCUT2D eigenvalue weighted by atomic mass is 16.2. The molecule has 152 valence electrons. The largest absolute Gasteiger partial charge is 0.330 e. The normalized spacial score (nSPS) is 17.1. The van der Waals surface area contributed by atoms with E-state index >= 15 is 0 Å². The van der Waals surface area contributed by atoms with Crippen LogP contribution >= 0.6 is 0 Å². The van der Waals surface area contributed by atoms with Crippen LogP contribution in [0.1, 0.15) is 59.5 Å². The lowest BCUT2D eigenvalue weighted by Crippen LogP contribution is -2.39. The highest BCUT2D eigenvalue weighted by Gasteiger charge is 2.30. The highest BCUT2D eigenvalue weighted by Crippen LogP contribution is 2.31. The number of pyridine rings is 1. The molecule has 1 unspecified atom stereocenters. The summed E-state index contributed by atoms with van der Waals surface area (Å²) >= 11 is 0. The third-order valence-corrected chi connectivity index (χ3v) is 5.74. The van der Waals surface area contributed by atoms with Crippen LogP contribution in [0, 0.1) is 6.92 Å². The summed E-state index contributed by atoms with van der Waals surface area (Å²) in [6.45, 7) is 4.42. The molecule has 0 radical (unpaired) electrons. The molecule has 0 bridgehead atoms. The molecule has 4 rings (SSSR count). The molecule has 3 aromatic heterocycles. The number of aromatic nitrogens is 4. The molecule has 1 aliphatic heterocycles. The Balaban J connectivity index is 1.75. The van der Waals surface area contributed by atoms with Gasteiger partial charge in [-0.15, -0.1) is 0 Å². The van der Waals surface area contributed by atoms with Gasteiger partial charge in [-0.2, -0.15) is 0 Å². The summed E-state index contributed by atoms with van der Waals surface area (Å²) in [7, 11) is 1.64. The second-order valence-corrected chi connectivity index (χ2v) is 7.62. The Labute approximate surface area is 167 Å². The van der Waals surface area contributed by atoms with Crippen molar-refractivity contribution in [2.75, 3.05) is 6.54 Å². The minimum absolute atomic E-state index is 0.0898. The van der Waals surface area contributed by atoms with Crippen LogP contribution in [0.5, 0.6) is 0 Å². The Morgan fingerprint density at radius 2 is 2.07 bits per heavy atom. The fraction of sp³-hybridized carbons (Fsp3) is 0.429. The topological polar surface area (TPSA) is 92.5 Å². The summed E-state index contributed by atoms with van der Waals surface area (Å²) in [6.07, 6.45) is 4.92. The smallest absolute Gasteiger partial charge is 0.276 e. The molecule has 1 saturated heterocycles. The van der Waals surface area contributed by atoms with Crippen LogP contribution in [0.3, 0.4) is 0 Å². The molecule has 1 N–H and O–H groups in total. The number of aryl methyl sites for hydroxylation is 2. The summed E-state index contributed by atoms with van der Waals surface area (Å²) in [5.41, 5.74) is 3.05. The van der Waals surface area contributed by atoms with Gasteiger partial charge < -0.3 is 9.47 Å². The second-order valence-electron chi connectivity index (χ2n) is 7.62. The lowest BCUT2D eigenvalue weighted by molar-refractivity contribution is 0.0604. The summed E-state index contributed by atoms with van der Waals surface area (Å²) in [5, 5.41) is 3.18. The number of nitrogens with zero attached hydrogens (tertiary/aromatic N) is 4. The first-order chi connectivity index (χ1) is 13.9. The van der Waals surface area contributed by atoms with Crippen LogP contribution in [-0.2, 0) is 13.5 Å². The van der Waals surface area contributed by atoms with E-state index in [4.69, 9.17) is 0 Å². The number of carbonyl (C=O) groups excluding carboxylic acids is 1. The summed E-state index contributed by atoms with van der Waals surface area (Å²) in [4.78, 5) is 44.0. The Morgan fingerprint density at radius 1 is 1.28 bits per heavy atom. The van der Waals surface area contributed by atoms with Gasteiger partial charge in [0, 0.05) is 43.2 Å². The number of aromatic amines is 1. The zero-order valence-electron chi connectivity index (χ0n) is 16.9. The third kappa shape index (κ3) is 3.28. The van der Waals surface area contributed by atoms with E-state index in [1.807, 2.05) is 24.8 Å². The van der Waals surface area contributed by atoms with Gasteiger partial charge in [-0.3, -0.25) is 19.5 Å². The maximum atomic E-state index is 13.2. The molecule has 1 atom stereocenters. The quantitative estimate of drug-likeness (QED) is 0.734. The monoisotopic (exact) mass is 395 g/mol. The van der Waals surface area contributed by atoms with Gasteiger partial charge in [0.25, 0.3) is 11.5 Å². The highest BCUT2D eigenvalue weighted by molar-refractivity contribution is 5.94. The third-order valence-electron chi connectivity index (χ3n) is 5.74. The fourth-order valence-electron chi connectivity index (χ4n) is 4.15. The van der Waals surface area contributed by atoms with E-state index in [1.54, 1.807) is 19.3 Å². The lowest BCUT2D eigenvalue weighted by atomic mass is 9.98. The average molecular weight is 395 g/mol. The molecule has 0 spiro atoms. The number of hydrogen-bond acceptors (Lipinski definition) is 4. The number of carbonyl (C=O) groups is 1. The van der Waals surface area contributed by atoms with Gasteiger partial charge in [-0.05, 0) is 38.7 Å². The van der Waals surface area contributed by atoms with Crippen LogP contribution in [0.2, 0.25) is 0 Å². The summed E-state index contributed by atoms with van der Waals surface area (Å²) in [6, 6.07) is 4.68. The first-order valence-corrected chi connectivity index (χ1v) is 9.99. The van der Waals surface area contributed by atoms with E-state index in [2.05, 4.69) is 10.1 Å². The molecular formula is C21H25N5O3. The fourth-order valence-corrected chi connectivity index (χ4v) is 4.15. The molecule has 0 saturated carbocycles. The summed E-state index contributed by atoms with van der Waals surface area (Å²) in [5.74, 6) is -0.116. The minimum atomic E-state index is -0.167. The van der Waals surface area contributed by atoms with Crippen LogP contribution in [-0.4, -0.2) is 36.5 Å². The molecule has 8 heteroatoms. The Hall–Kier alpha value is -3.16. The standard InChI is InChI=1S/C21H25N5O3/c1-4-15-13(2)22-18-11-16(23-26(18)21(15)29)17-7-5-6-10-25(17)20(28)14-8-9-19(27)24(3)12-14/h8-9,11-12,17,23H,4-7,10H2,1-3H3. The van der Waals surface area contributed by atoms with Gasteiger partial charge in [0.15, 0.2) is 5.65 Å². The van der Waals surface area contributed by atoms with Crippen molar-refractivity contribution in [3.05, 3.63) is 67.6 Å². The van der Waals surface area contributed by atoms with Crippen molar-refractivity contribution < 1.29 is 4.79 Å². The van der Waals surface area contributed by atoms with E-state index in [9.17, 15) is 14.4 Å². The van der Waals surface area contributed by atoms with Crippen LogP contribution in [0.4, 0.5) is 0 Å². The maximum absolute atomic E-state index is 13.2. The van der Waals surface area contributed by atoms with Gasteiger partial charge >= 0.3 is 0 Å². The van der Waals surface area contributed by atoms with Crippen molar-refractivity contribution >= 4 is 11.6 Å². The van der Waals surface area contributed by atoms with Crippen molar-refractivity contribution in [3.8, 4) is 0 Å². The van der Waals surface area contributed by atoms with Gasteiger partial charge in [-0.1, -0.05) is 6.92 Å². The number of H-pyrrole nitrogens is 1. The Morgan fingerprint density at radius 3 is 2.79 bits per heavy atom. The van der Waals surface area contributed by atoms with Crippen LogP contribution < -0.4 is 11.1 Å². The number of rotatable bonds is 3. The van der Waals surface area contributed by atoms with Crippen molar-refractivity contribution in [2.24, 2.45) is 7.05 Å². The molecule has 29 heavy (non-hydrogen) atoms. The van der Waals surface area contributed by atoms with E-state index in [0.29, 0.717) is 29.7 Å². The molecule has 0 aromatic carbocycles. The number of hydrogen-bond donors (Lipinski definition) is 1. The zero-order chi connectivity index (χ0) is 20.7. The van der Waals surface area contributed by atoms with E-state index < -0.39 is 0 Å². The maximum Gasteiger partial charge on any atom is 0.276 e. The number of nitrogens with one attached hydrogen (secondary N) is 1. The van der Waals surface area contributed by atoms with E-state index in [0.717, 1.165) is 30.7 Å². The molecule has 3 aromatic rings. The van der Waals surface area contributed by atoms with Gasteiger partial charge in [0.1, 0.15) is 0 Å². The molecule has 0 aliphatic carbocycles. The van der Waals surface area contributed by atoms with Gasteiger partial charge in [0.05, 0.1) is 17.3 Å². The SMILES string of the molecule is CCc1c(C)nc2cc(C3CCCCN3C(=O)c3ccc(=O)n(C)c3)[nH]n2c1=O. The first kappa shape index (κ1) is 19.2. The molecule has 4 heterocycles. The Kier molecular flexibility index (Phi) is 4.86. The predicted molar refractivity (Wildman–Crippen MR) is 109 cm³/mol. The lowest BCUT2D eigenvalue weighted by Gasteiger charge is -2.35. The van der Waals surface area contributed by atoms with E-state index in [1.165, 1.54) is 15.1 Å². The molecular weight excluding hydrogens is 370 g/mol. The average Bonchev–Trinajstić information content (AvgIpc) is 3.14. The van der Waals surface area contributed by atoms with Crippen molar-refractivity contribution in [2.45, 2.75) is 45.6 Å². The minimum Gasteiger partial charge on any atom is -0.330 e. The molecule has 1 amide bonds. The molecule has 1 fully saturated rings. The number of piperidine rings is 1. The van der Waals surface area contributed by atoms with Crippen molar-refractivity contribution in [3.63, 3.8) is 0 Å². The molecule has 8 nitrogen and oxygen atoms in total. The second kappa shape index (κ2) is 7.35. The number of likely N-dealkylation sites (tertiary alicyclic amines) is 1. The number of amides is 1. The van der Waals surface area contributed by atoms with Gasteiger partial charge in [0.2, 0.25) is 5.56 Å². The van der Waals surface area contributed by atoms with Crippen molar-refractivity contribution in [1.82, 2.24) is 24.1 Å². The van der Waals surface area contributed by atoms with E-state index in [-0.39, 0.29) is 23.1 Å². The van der Waals surface area contributed by atoms with Crippen LogP contribution in [0.15, 0.2) is 34.0 Å². The first-order valence-electron chi connectivity index (χ1n) is 9.99. The Bertz CT molecular complexity index is 1200. The predicted octanol–water partition coefficient (Wildman–Crippen LogP) is 1.96. The van der Waals surface area contributed by atoms with Gasteiger partial charge in [-0.25, -0.2) is 9.50 Å². The molecule has 1 aliphatic rings. The van der Waals surface area contributed by atoms with Crippen molar-refractivity contribution in [1.29, 1.82) is 0 Å². The number of fused-ring (bicyclic) bond motifs is 1. The zero-order valence-corrected chi connectivity index (χ0v) is 16.9. The summed E-state index contributed by atoms with van der Waals surface area (Å²) < 4.78 is 2.89.